The van der Waals surface area contributed by atoms with Crippen molar-refractivity contribution in [2.75, 3.05) is 6.61 Å². The molecule has 0 amide bonds. The van der Waals surface area contributed by atoms with Crippen LogP contribution in [0.2, 0.25) is 0 Å². The molecule has 2 N–H and O–H groups in total. The number of aryl methyl sites for hydroxylation is 1. The second-order valence-electron chi connectivity index (χ2n) is 9.59. The van der Waals surface area contributed by atoms with Gasteiger partial charge < -0.3 is 14.9 Å². The maximum absolute atomic E-state index is 13.0. The quantitative estimate of drug-likeness (QED) is 0.164. The largest absolute Gasteiger partial charge is 0.507 e. The number of hydrogen-bond acceptors (Lipinski definition) is 6. The highest BCUT2D eigenvalue weighted by Crippen LogP contribution is 2.37. The summed E-state index contributed by atoms with van der Waals surface area (Å²) >= 11 is 0. The number of hydrogen-bond donors (Lipinski definition) is 2. The van der Waals surface area contributed by atoms with E-state index in [4.69, 9.17) is 4.74 Å². The molecule has 0 radical (unpaired) electrons. The second kappa shape index (κ2) is 10.9. The Balaban J connectivity index is 1.16. The van der Waals surface area contributed by atoms with Crippen LogP contribution in [-0.4, -0.2) is 34.4 Å². The summed E-state index contributed by atoms with van der Waals surface area (Å²) in [5.41, 5.74) is 0.273. The van der Waals surface area contributed by atoms with Crippen LogP contribution in [0, 0.1) is 0 Å². The van der Waals surface area contributed by atoms with Crippen molar-refractivity contribution in [2.24, 2.45) is 0 Å². The lowest BCUT2D eigenvalue weighted by molar-refractivity contribution is -0.688. The highest BCUT2D eigenvalue weighted by molar-refractivity contribution is 6.30. The number of fused-ring (bicyclic) bond motifs is 2. The van der Waals surface area contributed by atoms with E-state index in [1.807, 2.05) is 29.1 Å². The summed E-state index contributed by atoms with van der Waals surface area (Å²) in [7, 11) is 0. The van der Waals surface area contributed by atoms with Gasteiger partial charge in [-0.3, -0.25) is 9.59 Å². The van der Waals surface area contributed by atoms with Gasteiger partial charge in [-0.1, -0.05) is 24.3 Å². The molecule has 7 nitrogen and oxygen atoms in total. The number of rotatable bonds is 7. The molecule has 3 aromatic carbocycles. The average molecular weight is 563 g/mol. The fraction of sp³-hybridized carbons (Fsp3) is 0.161. The number of pyridine rings is 1. The molecule has 4 aromatic rings. The van der Waals surface area contributed by atoms with Gasteiger partial charge in [0.25, 0.3) is 0 Å². The van der Waals surface area contributed by atoms with E-state index >= 15 is 0 Å². The molecule has 1 aliphatic carbocycles. The third-order valence-corrected chi connectivity index (χ3v) is 6.79. The first-order valence-electron chi connectivity index (χ1n) is 12.6. The molecule has 5 rings (SSSR count). The van der Waals surface area contributed by atoms with E-state index in [0.29, 0.717) is 19.4 Å². The molecule has 0 saturated heterocycles. The zero-order valence-corrected chi connectivity index (χ0v) is 21.4. The highest BCUT2D eigenvalue weighted by atomic mass is 19.4. The van der Waals surface area contributed by atoms with Crippen LogP contribution < -0.4 is 4.57 Å². The molecule has 0 aliphatic heterocycles. The smallest absolute Gasteiger partial charge is 0.416 e. The first kappa shape index (κ1) is 27.6. The van der Waals surface area contributed by atoms with Crippen LogP contribution in [0.3, 0.4) is 0 Å². The van der Waals surface area contributed by atoms with E-state index in [9.17, 15) is 37.8 Å². The number of nitrogens with zero attached hydrogens (tertiary/aromatic N) is 1. The van der Waals surface area contributed by atoms with Crippen LogP contribution in [-0.2, 0) is 23.9 Å². The van der Waals surface area contributed by atoms with Crippen molar-refractivity contribution in [3.63, 3.8) is 0 Å². The first-order chi connectivity index (χ1) is 19.5. The summed E-state index contributed by atoms with van der Waals surface area (Å²) in [6, 6.07) is 15.1. The van der Waals surface area contributed by atoms with Crippen LogP contribution in [0.4, 0.5) is 13.2 Å². The van der Waals surface area contributed by atoms with E-state index in [1.165, 1.54) is 36.4 Å². The van der Waals surface area contributed by atoms with Gasteiger partial charge in [0.15, 0.2) is 24.7 Å². The number of aromatic nitrogens is 1. The molecule has 208 valence electrons. The van der Waals surface area contributed by atoms with Crippen molar-refractivity contribution < 1.29 is 47.1 Å². The standard InChI is InChI=1S/C31H22F3NO6/c32-31(33,34)21-8-6-19(7-9-21)17-35-12-10-18(11-13-35)3-2-14-41-30(40)20-15-23-27(25(37)16-20)29(39)26-22(28(23)38)4-1-5-24(26)36/h1,4-13,15-16H,2-3,14,17H2,(H-,36,37,39)/p+1. The van der Waals surface area contributed by atoms with Crippen molar-refractivity contribution >= 4 is 17.5 Å². The fourth-order valence-electron chi connectivity index (χ4n) is 4.70. The molecule has 1 aliphatic rings. The topological polar surface area (TPSA) is 105 Å². The zero-order chi connectivity index (χ0) is 29.3. The third-order valence-electron chi connectivity index (χ3n) is 6.79. The number of ketones is 2. The zero-order valence-electron chi connectivity index (χ0n) is 21.4. The van der Waals surface area contributed by atoms with Crippen molar-refractivity contribution in [1.29, 1.82) is 0 Å². The van der Waals surface area contributed by atoms with E-state index < -0.39 is 35.0 Å². The van der Waals surface area contributed by atoms with Crippen molar-refractivity contribution in [1.82, 2.24) is 0 Å². The number of phenols is 2. The second-order valence-corrected chi connectivity index (χ2v) is 9.59. The number of halogens is 3. The number of ether oxygens (including phenoxy) is 1. The van der Waals surface area contributed by atoms with Gasteiger partial charge in [-0.2, -0.15) is 13.2 Å². The minimum absolute atomic E-state index is 0.0176. The lowest BCUT2D eigenvalue weighted by atomic mass is 9.82. The molecular weight excluding hydrogens is 539 g/mol. The summed E-state index contributed by atoms with van der Waals surface area (Å²) in [5.74, 6) is -3.02. The van der Waals surface area contributed by atoms with Gasteiger partial charge in [0.2, 0.25) is 5.78 Å². The summed E-state index contributed by atoms with van der Waals surface area (Å²) in [5, 5.41) is 20.5. The Morgan fingerprint density at radius 2 is 1.49 bits per heavy atom. The summed E-state index contributed by atoms with van der Waals surface area (Å²) < 4.78 is 45.4. The van der Waals surface area contributed by atoms with E-state index in [-0.39, 0.29) is 40.2 Å². The van der Waals surface area contributed by atoms with Crippen LogP contribution in [0.5, 0.6) is 11.5 Å². The minimum Gasteiger partial charge on any atom is -0.507 e. The molecule has 41 heavy (non-hydrogen) atoms. The predicted octanol–water partition coefficient (Wildman–Crippen LogP) is 5.02. The van der Waals surface area contributed by atoms with Crippen LogP contribution in [0.15, 0.2) is 79.1 Å². The van der Waals surface area contributed by atoms with E-state index in [1.54, 1.807) is 0 Å². The Hall–Kier alpha value is -4.99. The van der Waals surface area contributed by atoms with E-state index in [0.717, 1.165) is 29.3 Å². The number of carbonyl (C=O) groups excluding carboxylic acids is 3. The third kappa shape index (κ3) is 5.67. The fourth-order valence-corrected chi connectivity index (χ4v) is 4.70. The Kier molecular flexibility index (Phi) is 7.32. The van der Waals surface area contributed by atoms with Gasteiger partial charge in [0.1, 0.15) is 11.5 Å². The van der Waals surface area contributed by atoms with E-state index in [2.05, 4.69) is 0 Å². The Labute approximate surface area is 232 Å². The van der Waals surface area contributed by atoms with Gasteiger partial charge in [-0.25, -0.2) is 9.36 Å². The lowest BCUT2D eigenvalue weighted by Crippen LogP contribution is -2.33. The maximum Gasteiger partial charge on any atom is 0.416 e. The maximum atomic E-state index is 13.0. The number of benzene rings is 3. The molecular formula is C31H23F3NO6+. The molecule has 0 saturated carbocycles. The molecule has 0 fully saturated rings. The van der Waals surface area contributed by atoms with Crippen molar-refractivity contribution in [3.05, 3.63) is 124 Å². The number of esters is 1. The minimum atomic E-state index is -4.37. The van der Waals surface area contributed by atoms with Gasteiger partial charge in [0, 0.05) is 28.8 Å². The number of carbonyl (C=O) groups is 3. The summed E-state index contributed by atoms with van der Waals surface area (Å²) in [6.45, 7) is 0.464. The Bertz CT molecular complexity index is 1660. The number of alkyl halides is 3. The van der Waals surface area contributed by atoms with Crippen molar-refractivity contribution in [2.45, 2.75) is 25.6 Å². The highest BCUT2D eigenvalue weighted by Gasteiger charge is 2.35. The van der Waals surface area contributed by atoms with Gasteiger partial charge in [-0.15, -0.1) is 0 Å². The molecule has 1 heterocycles. The van der Waals surface area contributed by atoms with Gasteiger partial charge >= 0.3 is 12.1 Å². The molecule has 0 spiro atoms. The van der Waals surface area contributed by atoms with Gasteiger partial charge in [0.05, 0.1) is 28.9 Å². The number of aromatic hydroxyl groups is 2. The predicted molar refractivity (Wildman–Crippen MR) is 139 cm³/mol. The molecule has 10 heteroatoms. The monoisotopic (exact) mass is 562 g/mol. The van der Waals surface area contributed by atoms with Gasteiger partial charge in [-0.05, 0) is 48.7 Å². The van der Waals surface area contributed by atoms with Crippen molar-refractivity contribution in [3.8, 4) is 11.5 Å². The normalized spacial score (nSPS) is 12.6. The molecule has 0 bridgehead atoms. The molecule has 0 unspecified atom stereocenters. The summed E-state index contributed by atoms with van der Waals surface area (Å²) in [4.78, 5) is 38.4. The molecule has 0 atom stereocenters. The lowest BCUT2D eigenvalue weighted by Gasteiger charge is -2.19. The average Bonchev–Trinajstić information content (AvgIpc) is 2.94. The van der Waals surface area contributed by atoms with Crippen LogP contribution >= 0.6 is 0 Å². The Morgan fingerprint density at radius 3 is 2.17 bits per heavy atom. The molecule has 1 aromatic heterocycles. The Morgan fingerprint density at radius 1 is 0.805 bits per heavy atom. The van der Waals surface area contributed by atoms with Crippen LogP contribution in [0.1, 0.15) is 65.3 Å². The first-order valence-corrected chi connectivity index (χ1v) is 12.6. The summed E-state index contributed by atoms with van der Waals surface area (Å²) in [6.07, 6.45) is 0.310. The van der Waals surface area contributed by atoms with Crippen LogP contribution in [0.25, 0.3) is 0 Å². The number of phenolic OH excluding ortho intramolecular Hbond substituents is 2. The SMILES string of the molecule is O=C(OCCCc1cc[n+](Cc2ccc(C(F)(F)F)cc2)cc1)c1cc(O)c2c(c1)C(=O)c1cccc(O)c1C2=O.